The zero-order valence-electron chi connectivity index (χ0n) is 13.4. The zero-order chi connectivity index (χ0) is 16.2. The van der Waals surface area contributed by atoms with Gasteiger partial charge in [-0.1, -0.05) is 25.0 Å². The number of nitrogens with two attached hydrogens (primary N) is 1. The molecule has 2 amide bonds. The van der Waals surface area contributed by atoms with E-state index in [-0.39, 0.29) is 11.8 Å². The van der Waals surface area contributed by atoms with Gasteiger partial charge in [-0.2, -0.15) is 0 Å². The third kappa shape index (κ3) is 3.65. The number of anilines is 1. The first-order chi connectivity index (χ1) is 10.5. The molecule has 3 N–H and O–H groups in total. The second-order valence-electron chi connectivity index (χ2n) is 6.31. The van der Waals surface area contributed by atoms with Crippen molar-refractivity contribution in [3.63, 3.8) is 0 Å². The minimum Gasteiger partial charge on any atom is -0.349 e. The fourth-order valence-electron chi connectivity index (χ4n) is 2.88. The first-order valence-corrected chi connectivity index (χ1v) is 7.77. The van der Waals surface area contributed by atoms with E-state index < -0.39 is 5.41 Å². The number of benzene rings is 1. The van der Waals surface area contributed by atoms with E-state index in [1.807, 2.05) is 24.3 Å². The maximum absolute atomic E-state index is 12.5. The minimum atomic E-state index is -0.403. The molecule has 1 aliphatic rings. The minimum absolute atomic E-state index is 0.0182. The summed E-state index contributed by atoms with van der Waals surface area (Å²) in [6, 6.07) is 7.44. The van der Waals surface area contributed by atoms with Gasteiger partial charge in [0.1, 0.15) is 0 Å². The number of amides is 2. The zero-order valence-corrected chi connectivity index (χ0v) is 13.4. The van der Waals surface area contributed by atoms with E-state index in [9.17, 15) is 9.59 Å². The Kier molecular flexibility index (Phi) is 5.19. The average molecular weight is 303 g/mol. The molecule has 120 valence electrons. The van der Waals surface area contributed by atoms with Crippen molar-refractivity contribution in [3.05, 3.63) is 29.8 Å². The lowest BCUT2D eigenvalue weighted by Gasteiger charge is -2.25. The summed E-state index contributed by atoms with van der Waals surface area (Å²) in [7, 11) is 3.48. The van der Waals surface area contributed by atoms with Crippen molar-refractivity contribution in [3.8, 4) is 0 Å². The van der Waals surface area contributed by atoms with Crippen LogP contribution in [0, 0.1) is 5.41 Å². The van der Waals surface area contributed by atoms with Crippen molar-refractivity contribution in [2.24, 2.45) is 11.1 Å². The molecular weight excluding hydrogens is 278 g/mol. The number of nitrogens with one attached hydrogen (secondary N) is 1. The lowest BCUT2D eigenvalue weighted by atomic mass is 9.85. The Balaban J connectivity index is 1.99. The van der Waals surface area contributed by atoms with Gasteiger partial charge in [0.05, 0.1) is 11.8 Å². The van der Waals surface area contributed by atoms with E-state index in [1.165, 1.54) is 0 Å². The molecule has 1 aromatic rings. The molecule has 0 aliphatic heterocycles. The highest BCUT2D eigenvalue weighted by Crippen LogP contribution is 2.38. The van der Waals surface area contributed by atoms with Crippen LogP contribution < -0.4 is 11.1 Å². The number of likely N-dealkylation sites (N-methyl/N-ethyl adjacent to an activating group) is 1. The Morgan fingerprint density at radius 1 is 1.18 bits per heavy atom. The molecular formula is C17H25N3O2. The van der Waals surface area contributed by atoms with Crippen LogP contribution in [0.15, 0.2) is 24.3 Å². The smallest absolute Gasteiger partial charge is 0.231 e. The average Bonchev–Trinajstić information content (AvgIpc) is 2.99. The second kappa shape index (κ2) is 6.92. The predicted molar refractivity (Wildman–Crippen MR) is 87.4 cm³/mol. The Morgan fingerprint density at radius 2 is 1.77 bits per heavy atom. The molecule has 0 unspecified atom stereocenters. The summed E-state index contributed by atoms with van der Waals surface area (Å²) in [4.78, 5) is 25.7. The van der Waals surface area contributed by atoms with Crippen LogP contribution in [-0.2, 0) is 16.0 Å². The van der Waals surface area contributed by atoms with Crippen molar-refractivity contribution in [1.82, 2.24) is 4.90 Å². The molecule has 0 bridgehead atoms. The van der Waals surface area contributed by atoms with E-state index in [0.717, 1.165) is 36.9 Å². The summed E-state index contributed by atoms with van der Waals surface area (Å²) >= 11 is 0. The van der Waals surface area contributed by atoms with Crippen molar-refractivity contribution >= 4 is 17.5 Å². The van der Waals surface area contributed by atoms with Crippen LogP contribution >= 0.6 is 0 Å². The van der Waals surface area contributed by atoms with Gasteiger partial charge in [0.2, 0.25) is 11.8 Å². The van der Waals surface area contributed by atoms with E-state index in [4.69, 9.17) is 5.73 Å². The van der Waals surface area contributed by atoms with Gasteiger partial charge in [-0.3, -0.25) is 9.59 Å². The van der Waals surface area contributed by atoms with Crippen molar-refractivity contribution < 1.29 is 9.59 Å². The molecule has 22 heavy (non-hydrogen) atoms. The highest BCUT2D eigenvalue weighted by Gasteiger charge is 2.39. The fourth-order valence-corrected chi connectivity index (χ4v) is 2.88. The molecule has 0 aromatic heterocycles. The van der Waals surface area contributed by atoms with Gasteiger partial charge in [0.25, 0.3) is 0 Å². The summed E-state index contributed by atoms with van der Waals surface area (Å²) in [5.74, 6) is 0.0782. The van der Waals surface area contributed by atoms with Crippen LogP contribution in [0.2, 0.25) is 0 Å². The van der Waals surface area contributed by atoms with Crippen LogP contribution in [0.25, 0.3) is 0 Å². The first-order valence-electron chi connectivity index (χ1n) is 7.77. The molecule has 2 rings (SSSR count). The molecule has 0 atom stereocenters. The SMILES string of the molecule is CN(C)C(=O)Cc1ccc(NC(=O)C2(CN)CCCC2)cc1. The monoisotopic (exact) mass is 303 g/mol. The summed E-state index contributed by atoms with van der Waals surface area (Å²) < 4.78 is 0. The van der Waals surface area contributed by atoms with Crippen LogP contribution in [-0.4, -0.2) is 37.4 Å². The summed E-state index contributed by atoms with van der Waals surface area (Å²) in [5.41, 5.74) is 7.12. The number of rotatable bonds is 5. The molecule has 1 aliphatic carbocycles. The van der Waals surface area contributed by atoms with Crippen LogP contribution in [0.5, 0.6) is 0 Å². The van der Waals surface area contributed by atoms with Gasteiger partial charge in [-0.25, -0.2) is 0 Å². The number of carbonyl (C=O) groups is 2. The van der Waals surface area contributed by atoms with E-state index in [0.29, 0.717) is 13.0 Å². The molecule has 0 heterocycles. The standard InChI is InChI=1S/C17H25N3O2/c1-20(2)15(21)11-13-5-7-14(8-6-13)19-16(22)17(12-18)9-3-4-10-17/h5-8H,3-4,9-12,18H2,1-2H3,(H,19,22). The third-order valence-corrected chi connectivity index (χ3v) is 4.50. The lowest BCUT2D eigenvalue weighted by molar-refractivity contribution is -0.128. The molecule has 0 saturated heterocycles. The van der Waals surface area contributed by atoms with Crippen molar-refractivity contribution in [1.29, 1.82) is 0 Å². The maximum atomic E-state index is 12.5. The predicted octanol–water partition coefficient (Wildman–Crippen LogP) is 1.77. The van der Waals surface area contributed by atoms with Gasteiger partial charge in [-0.15, -0.1) is 0 Å². The topological polar surface area (TPSA) is 75.4 Å². The molecule has 0 spiro atoms. The lowest BCUT2D eigenvalue weighted by Crippen LogP contribution is -2.40. The molecule has 5 nitrogen and oxygen atoms in total. The second-order valence-corrected chi connectivity index (χ2v) is 6.31. The maximum Gasteiger partial charge on any atom is 0.231 e. The first kappa shape index (κ1) is 16.5. The molecule has 1 aromatic carbocycles. The summed E-state index contributed by atoms with van der Waals surface area (Å²) in [6.07, 6.45) is 4.23. The highest BCUT2D eigenvalue weighted by atomic mass is 16.2. The van der Waals surface area contributed by atoms with Gasteiger partial charge < -0.3 is 16.0 Å². The molecule has 5 heteroatoms. The van der Waals surface area contributed by atoms with Crippen molar-refractivity contribution in [2.45, 2.75) is 32.1 Å². The van der Waals surface area contributed by atoms with Gasteiger partial charge in [-0.05, 0) is 30.5 Å². The highest BCUT2D eigenvalue weighted by molar-refractivity contribution is 5.95. The Morgan fingerprint density at radius 3 is 2.27 bits per heavy atom. The van der Waals surface area contributed by atoms with Crippen LogP contribution in [0.4, 0.5) is 5.69 Å². The molecule has 1 saturated carbocycles. The van der Waals surface area contributed by atoms with E-state index in [1.54, 1.807) is 19.0 Å². The third-order valence-electron chi connectivity index (χ3n) is 4.50. The Bertz CT molecular complexity index is 531. The Labute approximate surface area is 131 Å². The Hall–Kier alpha value is -1.88. The molecule has 1 fully saturated rings. The summed E-state index contributed by atoms with van der Waals surface area (Å²) in [5, 5.41) is 2.96. The molecule has 0 radical (unpaired) electrons. The van der Waals surface area contributed by atoms with Crippen LogP contribution in [0.3, 0.4) is 0 Å². The van der Waals surface area contributed by atoms with Crippen LogP contribution in [0.1, 0.15) is 31.2 Å². The largest absolute Gasteiger partial charge is 0.349 e. The normalized spacial score (nSPS) is 16.3. The van der Waals surface area contributed by atoms with Gasteiger partial charge in [0, 0.05) is 26.3 Å². The quantitative estimate of drug-likeness (QED) is 0.870. The number of hydrogen-bond donors (Lipinski definition) is 2. The van der Waals surface area contributed by atoms with Gasteiger partial charge in [0.15, 0.2) is 0 Å². The number of nitrogens with zero attached hydrogens (tertiary/aromatic N) is 1. The van der Waals surface area contributed by atoms with Crippen molar-refractivity contribution in [2.75, 3.05) is 26.0 Å². The van der Waals surface area contributed by atoms with Gasteiger partial charge >= 0.3 is 0 Å². The van der Waals surface area contributed by atoms with E-state index in [2.05, 4.69) is 5.32 Å². The van der Waals surface area contributed by atoms with E-state index >= 15 is 0 Å². The number of hydrogen-bond acceptors (Lipinski definition) is 3. The summed E-state index contributed by atoms with van der Waals surface area (Å²) in [6.45, 7) is 0.397. The number of carbonyl (C=O) groups excluding carboxylic acids is 2. The fraction of sp³-hybridized carbons (Fsp3) is 0.529.